The molecule has 17 heavy (non-hydrogen) atoms. The van der Waals surface area contributed by atoms with Crippen molar-refractivity contribution in [1.82, 2.24) is 4.98 Å². The van der Waals surface area contributed by atoms with E-state index in [1.807, 2.05) is 13.0 Å². The van der Waals surface area contributed by atoms with E-state index in [2.05, 4.69) is 4.98 Å². The molecule has 1 unspecified atom stereocenters. The predicted octanol–water partition coefficient (Wildman–Crippen LogP) is 2.72. The van der Waals surface area contributed by atoms with E-state index in [0.717, 1.165) is 23.8 Å². The van der Waals surface area contributed by atoms with Crippen LogP contribution >= 0.6 is 0 Å². The summed E-state index contributed by atoms with van der Waals surface area (Å²) in [5.74, 6) is -1.02. The Morgan fingerprint density at radius 3 is 2.65 bits per heavy atom. The normalized spacial score (nSPS) is 12.5. The highest BCUT2D eigenvalue weighted by molar-refractivity contribution is 5.32. The van der Waals surface area contributed by atoms with Crippen LogP contribution in [0.15, 0.2) is 36.7 Å². The van der Waals surface area contributed by atoms with Crippen molar-refractivity contribution in [2.45, 2.75) is 13.0 Å². The van der Waals surface area contributed by atoms with Gasteiger partial charge in [0.1, 0.15) is 11.6 Å². The zero-order chi connectivity index (χ0) is 12.4. The summed E-state index contributed by atoms with van der Waals surface area (Å²) in [6, 6.07) is 4.36. The molecule has 1 atom stereocenters. The molecule has 0 aliphatic carbocycles. The van der Waals surface area contributed by atoms with E-state index >= 15 is 0 Å². The Balaban J connectivity index is 2.43. The molecule has 0 saturated heterocycles. The lowest BCUT2D eigenvalue weighted by Crippen LogP contribution is -2.14. The summed E-state index contributed by atoms with van der Waals surface area (Å²) in [7, 11) is 0. The number of benzene rings is 1. The van der Waals surface area contributed by atoms with E-state index in [-0.39, 0.29) is 5.56 Å². The Hall–Kier alpha value is -1.81. The molecule has 1 aromatic carbocycles. The molecular formula is C13H12F2N2. The van der Waals surface area contributed by atoms with Gasteiger partial charge in [-0.1, -0.05) is 6.07 Å². The van der Waals surface area contributed by atoms with E-state index in [9.17, 15) is 8.78 Å². The number of nitrogens with two attached hydrogens (primary N) is 1. The first-order valence-electron chi connectivity index (χ1n) is 5.20. The third kappa shape index (κ3) is 2.47. The van der Waals surface area contributed by atoms with E-state index in [1.54, 1.807) is 12.4 Å². The fourth-order valence-corrected chi connectivity index (χ4v) is 1.68. The standard InChI is InChI=1S/C13H12F2N2/c1-8-4-9(7-17-6-8)13(16)11-5-10(14)2-3-12(11)15/h2-7,13H,16H2,1H3. The van der Waals surface area contributed by atoms with Crippen LogP contribution in [0.3, 0.4) is 0 Å². The number of pyridine rings is 1. The highest BCUT2D eigenvalue weighted by Crippen LogP contribution is 2.22. The Kier molecular flexibility index (Phi) is 3.15. The average Bonchev–Trinajstić information content (AvgIpc) is 2.31. The molecule has 0 spiro atoms. The molecular weight excluding hydrogens is 222 g/mol. The van der Waals surface area contributed by atoms with Crippen LogP contribution in [-0.2, 0) is 0 Å². The molecule has 0 saturated carbocycles. The first-order chi connectivity index (χ1) is 8.08. The molecule has 1 heterocycles. The summed E-state index contributed by atoms with van der Waals surface area (Å²) in [5, 5.41) is 0. The van der Waals surface area contributed by atoms with Crippen LogP contribution in [0.2, 0.25) is 0 Å². The molecule has 2 nitrogen and oxygen atoms in total. The van der Waals surface area contributed by atoms with Gasteiger partial charge in [0.2, 0.25) is 0 Å². The molecule has 2 aromatic rings. The summed E-state index contributed by atoms with van der Waals surface area (Å²) in [5.41, 5.74) is 7.63. The maximum absolute atomic E-state index is 13.5. The third-order valence-corrected chi connectivity index (χ3v) is 2.55. The monoisotopic (exact) mass is 234 g/mol. The minimum absolute atomic E-state index is 0.136. The SMILES string of the molecule is Cc1cncc(C(N)c2cc(F)ccc2F)c1. The lowest BCUT2D eigenvalue weighted by Gasteiger charge is -2.13. The van der Waals surface area contributed by atoms with Gasteiger partial charge in [0.05, 0.1) is 6.04 Å². The molecule has 88 valence electrons. The van der Waals surface area contributed by atoms with Crippen molar-refractivity contribution in [1.29, 1.82) is 0 Å². The number of aryl methyl sites for hydroxylation is 1. The molecule has 0 radical (unpaired) electrons. The van der Waals surface area contributed by atoms with Crippen LogP contribution in [0, 0.1) is 18.6 Å². The number of rotatable bonds is 2. The molecule has 1 aromatic heterocycles. The number of aromatic nitrogens is 1. The van der Waals surface area contributed by atoms with Crippen molar-refractivity contribution >= 4 is 0 Å². The second kappa shape index (κ2) is 4.59. The number of hydrogen-bond donors (Lipinski definition) is 1. The first-order valence-corrected chi connectivity index (χ1v) is 5.20. The minimum Gasteiger partial charge on any atom is -0.320 e. The van der Waals surface area contributed by atoms with Gasteiger partial charge in [0, 0.05) is 18.0 Å². The van der Waals surface area contributed by atoms with Crippen LogP contribution in [0.1, 0.15) is 22.7 Å². The molecule has 0 aliphatic heterocycles. The van der Waals surface area contributed by atoms with E-state index in [0.29, 0.717) is 5.56 Å². The largest absolute Gasteiger partial charge is 0.320 e. The Bertz CT molecular complexity index is 541. The fraction of sp³-hybridized carbons (Fsp3) is 0.154. The van der Waals surface area contributed by atoms with Gasteiger partial charge in [-0.05, 0) is 36.2 Å². The van der Waals surface area contributed by atoms with E-state index < -0.39 is 17.7 Å². The maximum Gasteiger partial charge on any atom is 0.128 e. The highest BCUT2D eigenvalue weighted by atomic mass is 19.1. The third-order valence-electron chi connectivity index (χ3n) is 2.55. The average molecular weight is 234 g/mol. The number of hydrogen-bond acceptors (Lipinski definition) is 2. The molecule has 4 heteroatoms. The van der Waals surface area contributed by atoms with Crippen LogP contribution < -0.4 is 5.73 Å². The van der Waals surface area contributed by atoms with Crippen LogP contribution in [0.5, 0.6) is 0 Å². The fourth-order valence-electron chi connectivity index (χ4n) is 1.68. The second-order valence-electron chi connectivity index (χ2n) is 3.94. The van der Waals surface area contributed by atoms with Gasteiger partial charge in [-0.25, -0.2) is 8.78 Å². The minimum atomic E-state index is -0.710. The summed E-state index contributed by atoms with van der Waals surface area (Å²) < 4.78 is 26.6. The number of nitrogens with zero attached hydrogens (tertiary/aromatic N) is 1. The Labute approximate surface area is 98.1 Å². The van der Waals surface area contributed by atoms with Crippen molar-refractivity contribution in [3.8, 4) is 0 Å². The van der Waals surface area contributed by atoms with Gasteiger partial charge in [-0.15, -0.1) is 0 Å². The van der Waals surface area contributed by atoms with Gasteiger partial charge in [0.25, 0.3) is 0 Å². The van der Waals surface area contributed by atoms with Crippen LogP contribution in [0.4, 0.5) is 8.78 Å². The van der Waals surface area contributed by atoms with Crippen molar-refractivity contribution < 1.29 is 8.78 Å². The Morgan fingerprint density at radius 1 is 1.18 bits per heavy atom. The zero-order valence-corrected chi connectivity index (χ0v) is 9.32. The zero-order valence-electron chi connectivity index (χ0n) is 9.32. The smallest absolute Gasteiger partial charge is 0.128 e. The van der Waals surface area contributed by atoms with Crippen molar-refractivity contribution in [2.24, 2.45) is 5.73 Å². The first kappa shape index (κ1) is 11.7. The highest BCUT2D eigenvalue weighted by Gasteiger charge is 2.14. The van der Waals surface area contributed by atoms with E-state index in [1.165, 1.54) is 0 Å². The maximum atomic E-state index is 13.5. The molecule has 0 bridgehead atoms. The molecule has 2 N–H and O–H groups in total. The summed E-state index contributed by atoms with van der Waals surface area (Å²) in [6.45, 7) is 1.87. The molecule has 0 amide bonds. The van der Waals surface area contributed by atoms with Gasteiger partial charge >= 0.3 is 0 Å². The van der Waals surface area contributed by atoms with Crippen molar-refractivity contribution in [3.63, 3.8) is 0 Å². The summed E-state index contributed by atoms with van der Waals surface area (Å²) >= 11 is 0. The molecule has 0 fully saturated rings. The van der Waals surface area contributed by atoms with Crippen molar-refractivity contribution in [3.05, 3.63) is 65.0 Å². The van der Waals surface area contributed by atoms with Gasteiger partial charge in [-0.3, -0.25) is 4.98 Å². The summed E-state index contributed by atoms with van der Waals surface area (Å²) in [4.78, 5) is 3.99. The molecule has 0 aliphatic rings. The lowest BCUT2D eigenvalue weighted by atomic mass is 9.99. The van der Waals surface area contributed by atoms with Crippen LogP contribution in [-0.4, -0.2) is 4.98 Å². The number of halogens is 2. The van der Waals surface area contributed by atoms with Crippen molar-refractivity contribution in [2.75, 3.05) is 0 Å². The quantitative estimate of drug-likeness (QED) is 0.867. The Morgan fingerprint density at radius 2 is 1.94 bits per heavy atom. The van der Waals surface area contributed by atoms with E-state index in [4.69, 9.17) is 5.73 Å². The topological polar surface area (TPSA) is 38.9 Å². The second-order valence-corrected chi connectivity index (χ2v) is 3.94. The summed E-state index contributed by atoms with van der Waals surface area (Å²) in [6.07, 6.45) is 3.24. The lowest BCUT2D eigenvalue weighted by molar-refractivity contribution is 0.576. The van der Waals surface area contributed by atoms with Crippen LogP contribution in [0.25, 0.3) is 0 Å². The van der Waals surface area contributed by atoms with Gasteiger partial charge in [0.15, 0.2) is 0 Å². The predicted molar refractivity (Wildman–Crippen MR) is 61.4 cm³/mol. The van der Waals surface area contributed by atoms with Gasteiger partial charge in [-0.2, -0.15) is 0 Å². The molecule has 2 rings (SSSR count). The van der Waals surface area contributed by atoms with Gasteiger partial charge < -0.3 is 5.73 Å².